The highest BCUT2D eigenvalue weighted by Crippen LogP contribution is 2.47. The number of aryl methyl sites for hydroxylation is 1. The Hall–Kier alpha value is -3.86. The molecule has 1 aliphatic heterocycles. The molecule has 0 radical (unpaired) electrons. The van der Waals surface area contributed by atoms with Crippen LogP contribution in [0.25, 0.3) is 22.2 Å². The first-order valence-electron chi connectivity index (χ1n) is 10.3. The lowest BCUT2D eigenvalue weighted by Gasteiger charge is -2.30. The van der Waals surface area contributed by atoms with Gasteiger partial charge in [-0.05, 0) is 30.2 Å². The van der Waals surface area contributed by atoms with E-state index in [1.165, 1.54) is 4.90 Å². The van der Waals surface area contributed by atoms with Gasteiger partial charge in [0.1, 0.15) is 6.04 Å². The van der Waals surface area contributed by atoms with E-state index < -0.39 is 18.1 Å². The van der Waals surface area contributed by atoms with Gasteiger partial charge in [-0.25, -0.2) is 4.79 Å². The molecule has 1 N–H and O–H groups in total. The van der Waals surface area contributed by atoms with Crippen LogP contribution in [0.2, 0.25) is 0 Å². The van der Waals surface area contributed by atoms with Crippen molar-refractivity contribution in [2.24, 2.45) is 7.05 Å². The molecule has 2 atom stereocenters. The average Bonchev–Trinajstić information content (AvgIpc) is 3.25. The third kappa shape index (κ3) is 2.77. The van der Waals surface area contributed by atoms with Crippen LogP contribution >= 0.6 is 0 Å². The minimum Gasteiger partial charge on any atom is -0.480 e. The molecule has 1 amide bonds. The summed E-state index contributed by atoms with van der Waals surface area (Å²) >= 11 is 0. The molecule has 5 heteroatoms. The molecule has 1 aromatic heterocycles. The first kappa shape index (κ1) is 19.1. The molecular formula is C26H22N2O3. The SMILES string of the molecule is CC(C(=O)O)N1C(=O)c2ccccc2C1c1c(-c2ccccc2)n(C)c2ccccc12. The van der Waals surface area contributed by atoms with E-state index in [0.717, 1.165) is 33.3 Å². The number of hydrogen-bond donors (Lipinski definition) is 1. The third-order valence-corrected chi connectivity index (χ3v) is 6.24. The molecule has 5 rings (SSSR count). The van der Waals surface area contributed by atoms with Crippen molar-refractivity contribution in [3.63, 3.8) is 0 Å². The van der Waals surface area contributed by atoms with Gasteiger partial charge < -0.3 is 14.6 Å². The zero-order valence-corrected chi connectivity index (χ0v) is 17.3. The van der Waals surface area contributed by atoms with Crippen molar-refractivity contribution < 1.29 is 14.7 Å². The average molecular weight is 410 g/mol. The minimum absolute atomic E-state index is 0.248. The van der Waals surface area contributed by atoms with Crippen LogP contribution in [0.3, 0.4) is 0 Å². The second kappa shape index (κ2) is 7.13. The Morgan fingerprint density at radius 1 is 0.935 bits per heavy atom. The van der Waals surface area contributed by atoms with E-state index in [2.05, 4.69) is 10.6 Å². The Balaban J connectivity index is 1.88. The molecule has 1 aliphatic rings. The molecule has 0 saturated carbocycles. The van der Waals surface area contributed by atoms with Crippen molar-refractivity contribution in [2.75, 3.05) is 0 Å². The quantitative estimate of drug-likeness (QED) is 0.522. The molecule has 31 heavy (non-hydrogen) atoms. The number of para-hydroxylation sites is 1. The summed E-state index contributed by atoms with van der Waals surface area (Å²) in [6.07, 6.45) is 0. The number of benzene rings is 3. The van der Waals surface area contributed by atoms with Gasteiger partial charge in [-0.3, -0.25) is 4.79 Å². The monoisotopic (exact) mass is 410 g/mol. The highest BCUT2D eigenvalue weighted by atomic mass is 16.4. The number of carbonyl (C=O) groups is 2. The third-order valence-electron chi connectivity index (χ3n) is 6.24. The second-order valence-corrected chi connectivity index (χ2v) is 7.92. The fraction of sp³-hybridized carbons (Fsp3) is 0.154. The fourth-order valence-electron chi connectivity index (χ4n) is 4.79. The molecule has 0 aliphatic carbocycles. The van der Waals surface area contributed by atoms with Gasteiger partial charge in [-0.1, -0.05) is 66.7 Å². The molecule has 2 unspecified atom stereocenters. The van der Waals surface area contributed by atoms with Crippen LogP contribution in [0.4, 0.5) is 0 Å². The zero-order valence-electron chi connectivity index (χ0n) is 17.3. The summed E-state index contributed by atoms with van der Waals surface area (Å²) in [7, 11) is 2.02. The van der Waals surface area contributed by atoms with Gasteiger partial charge in [0.15, 0.2) is 0 Å². The lowest BCUT2D eigenvalue weighted by molar-refractivity contribution is -0.142. The molecule has 3 aromatic carbocycles. The first-order chi connectivity index (χ1) is 15.0. The highest BCUT2D eigenvalue weighted by Gasteiger charge is 2.44. The van der Waals surface area contributed by atoms with Crippen LogP contribution < -0.4 is 0 Å². The van der Waals surface area contributed by atoms with Crippen molar-refractivity contribution in [3.8, 4) is 11.3 Å². The lowest BCUT2D eigenvalue weighted by atomic mass is 9.92. The molecule has 4 aromatic rings. The summed E-state index contributed by atoms with van der Waals surface area (Å²) in [6, 6.07) is 24.1. The minimum atomic E-state index is -1.02. The van der Waals surface area contributed by atoms with Crippen LogP contribution in [-0.4, -0.2) is 32.5 Å². The van der Waals surface area contributed by atoms with E-state index in [-0.39, 0.29) is 5.91 Å². The molecule has 0 bridgehead atoms. The summed E-state index contributed by atoms with van der Waals surface area (Å²) in [5.41, 5.74) is 5.41. The van der Waals surface area contributed by atoms with Gasteiger partial charge in [-0.2, -0.15) is 0 Å². The van der Waals surface area contributed by atoms with Gasteiger partial charge in [0.2, 0.25) is 0 Å². The molecule has 0 saturated heterocycles. The molecule has 0 fully saturated rings. The number of amides is 1. The van der Waals surface area contributed by atoms with Gasteiger partial charge in [0.05, 0.1) is 11.7 Å². The van der Waals surface area contributed by atoms with E-state index in [9.17, 15) is 14.7 Å². The molecular weight excluding hydrogens is 388 g/mol. The summed E-state index contributed by atoms with van der Waals surface area (Å²) in [6.45, 7) is 1.58. The first-order valence-corrected chi connectivity index (χ1v) is 10.3. The standard InChI is InChI=1S/C26H22N2O3/c1-16(26(30)31)28-24(18-12-6-7-13-19(18)25(28)29)22-20-14-8-9-15-21(20)27(2)23(22)17-10-4-3-5-11-17/h3-16,24H,1-2H3,(H,30,31). The van der Waals surface area contributed by atoms with E-state index >= 15 is 0 Å². The number of fused-ring (bicyclic) bond motifs is 2. The highest BCUT2D eigenvalue weighted by molar-refractivity contribution is 6.04. The number of carboxylic acids is 1. The fourth-order valence-corrected chi connectivity index (χ4v) is 4.79. The Labute approximate surface area is 180 Å². The summed E-state index contributed by atoms with van der Waals surface area (Å²) in [5.74, 6) is -1.27. The number of rotatable bonds is 4. The number of nitrogens with zero attached hydrogens (tertiary/aromatic N) is 2. The van der Waals surface area contributed by atoms with Gasteiger partial charge in [0, 0.05) is 29.1 Å². The Kier molecular flexibility index (Phi) is 4.40. The maximum Gasteiger partial charge on any atom is 0.326 e. The predicted molar refractivity (Wildman–Crippen MR) is 120 cm³/mol. The van der Waals surface area contributed by atoms with Crippen LogP contribution in [0.1, 0.15) is 34.5 Å². The number of aromatic nitrogens is 1. The molecule has 154 valence electrons. The van der Waals surface area contributed by atoms with Crippen LogP contribution in [0.5, 0.6) is 0 Å². The maximum absolute atomic E-state index is 13.4. The van der Waals surface area contributed by atoms with Gasteiger partial charge >= 0.3 is 5.97 Å². The van der Waals surface area contributed by atoms with E-state index in [4.69, 9.17) is 0 Å². The Morgan fingerprint density at radius 2 is 1.58 bits per heavy atom. The van der Waals surface area contributed by atoms with Crippen molar-refractivity contribution in [1.82, 2.24) is 9.47 Å². The van der Waals surface area contributed by atoms with Crippen molar-refractivity contribution in [1.29, 1.82) is 0 Å². The van der Waals surface area contributed by atoms with Gasteiger partial charge in [0.25, 0.3) is 5.91 Å². The van der Waals surface area contributed by atoms with E-state index in [1.54, 1.807) is 13.0 Å². The summed E-state index contributed by atoms with van der Waals surface area (Å²) in [5, 5.41) is 10.8. The van der Waals surface area contributed by atoms with Crippen molar-refractivity contribution >= 4 is 22.8 Å². The topological polar surface area (TPSA) is 62.5 Å². The number of carboxylic acid groups (broad SMARTS) is 1. The van der Waals surface area contributed by atoms with Crippen molar-refractivity contribution in [3.05, 3.63) is 95.6 Å². The molecule has 0 spiro atoms. The maximum atomic E-state index is 13.4. The summed E-state index contributed by atoms with van der Waals surface area (Å²) < 4.78 is 2.13. The molecule has 5 nitrogen and oxygen atoms in total. The van der Waals surface area contributed by atoms with E-state index in [1.807, 2.05) is 73.8 Å². The molecule has 2 heterocycles. The lowest BCUT2D eigenvalue weighted by Crippen LogP contribution is -2.41. The van der Waals surface area contributed by atoms with Gasteiger partial charge in [-0.15, -0.1) is 0 Å². The Bertz CT molecular complexity index is 1320. The van der Waals surface area contributed by atoms with E-state index in [0.29, 0.717) is 5.56 Å². The van der Waals surface area contributed by atoms with Crippen LogP contribution in [0, 0.1) is 0 Å². The number of carbonyl (C=O) groups excluding carboxylic acids is 1. The summed E-state index contributed by atoms with van der Waals surface area (Å²) in [4.78, 5) is 26.9. The number of aliphatic carboxylic acids is 1. The predicted octanol–water partition coefficient (Wildman–Crippen LogP) is 4.86. The Morgan fingerprint density at radius 3 is 2.32 bits per heavy atom. The zero-order chi connectivity index (χ0) is 21.7. The second-order valence-electron chi connectivity index (χ2n) is 7.92. The smallest absolute Gasteiger partial charge is 0.326 e. The normalized spacial score (nSPS) is 16.5. The number of hydrogen-bond acceptors (Lipinski definition) is 2. The largest absolute Gasteiger partial charge is 0.480 e. The van der Waals surface area contributed by atoms with Crippen LogP contribution in [0.15, 0.2) is 78.9 Å². The van der Waals surface area contributed by atoms with Crippen molar-refractivity contribution in [2.45, 2.75) is 19.0 Å². The van der Waals surface area contributed by atoms with Crippen LogP contribution in [-0.2, 0) is 11.8 Å².